The van der Waals surface area contributed by atoms with Crippen molar-refractivity contribution in [2.24, 2.45) is 5.92 Å². The van der Waals surface area contributed by atoms with E-state index in [0.717, 1.165) is 40.4 Å². The van der Waals surface area contributed by atoms with E-state index < -0.39 is 0 Å². The van der Waals surface area contributed by atoms with Crippen molar-refractivity contribution in [1.82, 2.24) is 9.78 Å². The van der Waals surface area contributed by atoms with Gasteiger partial charge in [0.05, 0.1) is 36.4 Å². The number of hydrogen-bond acceptors (Lipinski definition) is 4. The number of methoxy groups -OCH3 is 1. The number of nitrogens with zero attached hydrogens (tertiary/aromatic N) is 2. The Morgan fingerprint density at radius 1 is 1.03 bits per heavy atom. The average Bonchev–Trinajstić information content (AvgIpc) is 3.30. The van der Waals surface area contributed by atoms with Gasteiger partial charge < -0.3 is 9.47 Å². The molecule has 1 aromatic heterocycles. The summed E-state index contributed by atoms with van der Waals surface area (Å²) in [4.78, 5) is 12.1. The minimum Gasteiger partial charge on any atom is -0.492 e. The maximum atomic E-state index is 12.1. The molecule has 5 nitrogen and oxygen atoms in total. The van der Waals surface area contributed by atoms with Crippen LogP contribution in [-0.4, -0.2) is 29.5 Å². The number of halogens is 1. The highest BCUT2D eigenvalue weighted by molar-refractivity contribution is 6.30. The highest BCUT2D eigenvalue weighted by Crippen LogP contribution is 2.41. The van der Waals surface area contributed by atoms with Crippen LogP contribution >= 0.6 is 11.6 Å². The maximum absolute atomic E-state index is 12.1. The Morgan fingerprint density at radius 3 is 2.38 bits per heavy atom. The lowest BCUT2D eigenvalue weighted by Gasteiger charge is -2.32. The third-order valence-corrected chi connectivity index (χ3v) is 8.38. The van der Waals surface area contributed by atoms with E-state index in [4.69, 9.17) is 26.2 Å². The highest BCUT2D eigenvalue weighted by Gasteiger charge is 2.34. The molecule has 0 saturated heterocycles. The van der Waals surface area contributed by atoms with Crippen LogP contribution < -0.4 is 4.74 Å². The summed E-state index contributed by atoms with van der Waals surface area (Å²) in [5.74, 6) is 1.33. The predicted molar refractivity (Wildman–Crippen MR) is 147 cm³/mol. The number of carbonyl (C=O) groups is 1. The molecular weight excluding hydrogens is 484 g/mol. The van der Waals surface area contributed by atoms with Crippen LogP contribution in [-0.2, 0) is 17.6 Å². The van der Waals surface area contributed by atoms with Gasteiger partial charge in [-0.2, -0.15) is 5.10 Å². The van der Waals surface area contributed by atoms with Crippen molar-refractivity contribution in [3.05, 3.63) is 75.1 Å². The number of carbonyl (C=O) groups excluding carboxylic acids is 1. The fourth-order valence-electron chi connectivity index (χ4n) is 6.30. The molecule has 0 bridgehead atoms. The van der Waals surface area contributed by atoms with Gasteiger partial charge in [-0.05, 0) is 111 Å². The summed E-state index contributed by atoms with van der Waals surface area (Å²) >= 11 is 6.23. The van der Waals surface area contributed by atoms with Crippen LogP contribution in [0.25, 0.3) is 5.69 Å². The van der Waals surface area contributed by atoms with E-state index in [0.29, 0.717) is 18.1 Å². The topological polar surface area (TPSA) is 53.4 Å². The molecule has 0 amide bonds. The zero-order valence-corrected chi connectivity index (χ0v) is 22.9. The number of fused-ring (bicyclic) bond motifs is 1. The van der Waals surface area contributed by atoms with Gasteiger partial charge in [-0.25, -0.2) is 9.48 Å². The molecular formula is C31H37ClN2O3. The molecule has 1 saturated carbocycles. The minimum absolute atomic E-state index is 0.240. The third kappa shape index (κ3) is 5.43. The molecule has 1 atom stereocenters. The second kappa shape index (κ2) is 11.3. The van der Waals surface area contributed by atoms with Gasteiger partial charge in [0.2, 0.25) is 0 Å². The maximum Gasteiger partial charge on any atom is 0.337 e. The van der Waals surface area contributed by atoms with E-state index in [1.165, 1.54) is 69.0 Å². The van der Waals surface area contributed by atoms with E-state index in [2.05, 4.69) is 16.8 Å². The number of rotatable bonds is 7. The molecule has 3 aromatic rings. The third-order valence-electron chi connectivity index (χ3n) is 8.13. The first-order valence-electron chi connectivity index (χ1n) is 13.6. The number of hydrogen-bond donors (Lipinski definition) is 0. The molecule has 1 heterocycles. The van der Waals surface area contributed by atoms with Crippen molar-refractivity contribution in [1.29, 1.82) is 0 Å². The molecule has 2 aliphatic carbocycles. The molecule has 2 aromatic carbocycles. The normalized spacial score (nSPS) is 16.8. The standard InChI is InChI=1S/C31H37ClN2O3/c1-20-17-23(31(35)36-3)18-21(2)30(20)37-19-27(22-9-5-4-6-10-22)29-26-11-7-8-12-28(26)33-34(29)25-15-13-24(32)14-16-25/h13-18,22,27H,4-12,19H2,1-3H3. The summed E-state index contributed by atoms with van der Waals surface area (Å²) in [5.41, 5.74) is 7.52. The lowest BCUT2D eigenvalue weighted by atomic mass is 9.77. The molecule has 2 aliphatic rings. The predicted octanol–water partition coefficient (Wildman–Crippen LogP) is 7.55. The van der Waals surface area contributed by atoms with Gasteiger partial charge >= 0.3 is 5.97 Å². The fourth-order valence-corrected chi connectivity index (χ4v) is 6.43. The number of aromatic nitrogens is 2. The van der Waals surface area contributed by atoms with Gasteiger partial charge in [-0.15, -0.1) is 0 Å². The van der Waals surface area contributed by atoms with Crippen LogP contribution in [0.1, 0.15) is 89.3 Å². The Labute approximate surface area is 225 Å². The summed E-state index contributed by atoms with van der Waals surface area (Å²) in [6.45, 7) is 4.60. The summed E-state index contributed by atoms with van der Waals surface area (Å²) < 4.78 is 13.8. The van der Waals surface area contributed by atoms with Crippen LogP contribution in [0.15, 0.2) is 36.4 Å². The van der Waals surface area contributed by atoms with Crippen LogP contribution in [0.2, 0.25) is 5.02 Å². The molecule has 0 spiro atoms. The van der Waals surface area contributed by atoms with Crippen molar-refractivity contribution >= 4 is 17.6 Å². The summed E-state index contributed by atoms with van der Waals surface area (Å²) in [6.07, 6.45) is 10.8. The molecule has 37 heavy (non-hydrogen) atoms. The Morgan fingerprint density at radius 2 is 1.70 bits per heavy atom. The average molecular weight is 521 g/mol. The molecule has 5 rings (SSSR count). The van der Waals surface area contributed by atoms with Crippen molar-refractivity contribution in [3.8, 4) is 11.4 Å². The second-order valence-electron chi connectivity index (χ2n) is 10.7. The largest absolute Gasteiger partial charge is 0.492 e. The van der Waals surface area contributed by atoms with Gasteiger partial charge in [-0.1, -0.05) is 30.9 Å². The number of benzene rings is 2. The van der Waals surface area contributed by atoms with Crippen LogP contribution in [0.5, 0.6) is 5.75 Å². The summed E-state index contributed by atoms with van der Waals surface area (Å²) in [7, 11) is 1.41. The molecule has 0 N–H and O–H groups in total. The number of aryl methyl sites for hydroxylation is 3. The SMILES string of the molecule is COC(=O)c1cc(C)c(OCC(c2c3c(nn2-c2ccc(Cl)cc2)CCCC3)C2CCCCC2)c(C)c1. The molecule has 0 aliphatic heterocycles. The van der Waals surface area contributed by atoms with Gasteiger partial charge in [-0.3, -0.25) is 0 Å². The highest BCUT2D eigenvalue weighted by atomic mass is 35.5. The summed E-state index contributed by atoms with van der Waals surface area (Å²) in [5, 5.41) is 5.90. The number of esters is 1. The lowest BCUT2D eigenvalue weighted by molar-refractivity contribution is 0.0600. The smallest absolute Gasteiger partial charge is 0.337 e. The molecule has 0 radical (unpaired) electrons. The van der Waals surface area contributed by atoms with Gasteiger partial charge in [0, 0.05) is 10.9 Å². The van der Waals surface area contributed by atoms with Crippen molar-refractivity contribution in [2.75, 3.05) is 13.7 Å². The minimum atomic E-state index is -0.323. The van der Waals surface area contributed by atoms with E-state index >= 15 is 0 Å². The second-order valence-corrected chi connectivity index (χ2v) is 11.1. The van der Waals surface area contributed by atoms with Gasteiger partial charge in [0.15, 0.2) is 0 Å². The Balaban J connectivity index is 1.54. The van der Waals surface area contributed by atoms with E-state index in [1.54, 1.807) is 0 Å². The van der Waals surface area contributed by atoms with Gasteiger partial charge in [0.25, 0.3) is 0 Å². The molecule has 196 valence electrons. The Kier molecular flexibility index (Phi) is 7.89. The van der Waals surface area contributed by atoms with Crippen molar-refractivity contribution < 1.29 is 14.3 Å². The number of ether oxygens (including phenoxy) is 2. The zero-order chi connectivity index (χ0) is 25.9. The van der Waals surface area contributed by atoms with Crippen LogP contribution in [0, 0.1) is 19.8 Å². The fraction of sp³-hybridized carbons (Fsp3) is 0.484. The monoisotopic (exact) mass is 520 g/mol. The van der Waals surface area contributed by atoms with Crippen LogP contribution in [0.3, 0.4) is 0 Å². The van der Waals surface area contributed by atoms with E-state index in [-0.39, 0.29) is 11.9 Å². The first-order valence-corrected chi connectivity index (χ1v) is 14.0. The van der Waals surface area contributed by atoms with E-state index in [1.807, 2.05) is 38.1 Å². The first kappa shape index (κ1) is 25.8. The lowest BCUT2D eigenvalue weighted by Crippen LogP contribution is -2.26. The Hall–Kier alpha value is -2.79. The quantitative estimate of drug-likeness (QED) is 0.302. The molecule has 1 fully saturated rings. The van der Waals surface area contributed by atoms with Gasteiger partial charge in [0.1, 0.15) is 5.75 Å². The van der Waals surface area contributed by atoms with Crippen LogP contribution in [0.4, 0.5) is 0 Å². The van der Waals surface area contributed by atoms with E-state index in [9.17, 15) is 4.79 Å². The van der Waals surface area contributed by atoms with Crippen molar-refractivity contribution in [3.63, 3.8) is 0 Å². The summed E-state index contributed by atoms with van der Waals surface area (Å²) in [6, 6.07) is 11.8. The van der Waals surface area contributed by atoms with Crippen molar-refractivity contribution in [2.45, 2.75) is 77.6 Å². The first-order chi connectivity index (χ1) is 18.0. The zero-order valence-electron chi connectivity index (χ0n) is 22.2. The Bertz CT molecular complexity index is 1240. The molecule has 1 unspecified atom stereocenters. The molecule has 6 heteroatoms.